The number of pyridine rings is 1. The molecule has 0 saturated heterocycles. The molecule has 0 aliphatic carbocycles. The van der Waals surface area contributed by atoms with E-state index in [0.29, 0.717) is 9.36 Å². The van der Waals surface area contributed by atoms with Crippen LogP contribution in [0, 0.1) is 6.07 Å². The first kappa shape index (κ1) is 7.35. The molecule has 0 saturated carbocycles. The van der Waals surface area contributed by atoms with Crippen molar-refractivity contribution in [2.45, 2.75) is 0 Å². The fourth-order valence-corrected chi connectivity index (χ4v) is 2.19. The third-order valence-electron chi connectivity index (χ3n) is 1.28. The highest BCUT2D eigenvalue weighted by molar-refractivity contribution is 7.23. The summed E-state index contributed by atoms with van der Waals surface area (Å²) >= 11 is 13.0. The number of rotatable bonds is 0. The van der Waals surface area contributed by atoms with Crippen molar-refractivity contribution in [2.24, 2.45) is 0 Å². The van der Waals surface area contributed by atoms with Crippen molar-refractivity contribution in [1.82, 2.24) is 4.98 Å². The number of hydrogen-bond donors (Lipinski definition) is 0. The van der Waals surface area contributed by atoms with E-state index in [9.17, 15) is 0 Å². The lowest BCUT2D eigenvalue weighted by atomic mass is 10.4. The van der Waals surface area contributed by atoms with E-state index in [1.807, 2.05) is 0 Å². The lowest BCUT2D eigenvalue weighted by Crippen LogP contribution is -1.69. The number of aromatic nitrogens is 1. The monoisotopic (exact) mass is 202 g/mol. The third kappa shape index (κ3) is 1.11. The summed E-state index contributed by atoms with van der Waals surface area (Å²) in [5, 5.41) is 0.531. The summed E-state index contributed by atoms with van der Waals surface area (Å²) in [4.78, 5) is 4.06. The Hall–Kier alpha value is -0.310. The highest BCUT2D eigenvalue weighted by atomic mass is 35.5. The second kappa shape index (κ2) is 2.63. The third-order valence-corrected chi connectivity index (χ3v) is 3.18. The van der Waals surface area contributed by atoms with Crippen molar-refractivity contribution < 1.29 is 0 Å². The molecule has 4 heteroatoms. The van der Waals surface area contributed by atoms with Crippen LogP contribution in [0.1, 0.15) is 0 Å². The molecule has 1 radical (unpaired) electrons. The van der Waals surface area contributed by atoms with Crippen LogP contribution in [0.15, 0.2) is 12.3 Å². The summed E-state index contributed by atoms with van der Waals surface area (Å²) in [5.74, 6) is 0. The molecular formula is C7H2Cl2NS. The minimum absolute atomic E-state index is 0.531. The van der Waals surface area contributed by atoms with E-state index in [1.165, 1.54) is 11.3 Å². The first-order valence-electron chi connectivity index (χ1n) is 2.89. The molecule has 0 N–H and O–H groups in total. The minimum atomic E-state index is 0.531. The molecule has 2 aromatic rings. The Morgan fingerprint density at radius 3 is 3.00 bits per heavy atom. The standard InChI is InChI=1S/C7H2Cl2NS/c8-5-6-4(11-7(5)9)2-1-3-10-6/h1,3H. The topological polar surface area (TPSA) is 12.9 Å². The van der Waals surface area contributed by atoms with Crippen LogP contribution in [0.25, 0.3) is 10.2 Å². The molecular weight excluding hydrogens is 201 g/mol. The molecule has 2 rings (SSSR count). The van der Waals surface area contributed by atoms with Crippen LogP contribution in [0.5, 0.6) is 0 Å². The fourth-order valence-electron chi connectivity index (χ4n) is 0.813. The first-order valence-corrected chi connectivity index (χ1v) is 4.46. The minimum Gasteiger partial charge on any atom is -0.254 e. The number of fused-ring (bicyclic) bond motifs is 1. The lowest BCUT2D eigenvalue weighted by molar-refractivity contribution is 1.43. The van der Waals surface area contributed by atoms with E-state index in [4.69, 9.17) is 23.2 Å². The summed E-state index contributed by atoms with van der Waals surface area (Å²) in [7, 11) is 0. The molecule has 2 heterocycles. The SMILES string of the molecule is Clc1sc2[c]ccnc2c1Cl. The Bertz CT molecular complexity index is 396. The Morgan fingerprint density at radius 1 is 1.45 bits per heavy atom. The Morgan fingerprint density at radius 2 is 2.27 bits per heavy atom. The molecule has 1 nitrogen and oxygen atoms in total. The Balaban J connectivity index is 2.92. The van der Waals surface area contributed by atoms with Gasteiger partial charge in [0.1, 0.15) is 9.85 Å². The van der Waals surface area contributed by atoms with Crippen molar-refractivity contribution in [1.29, 1.82) is 0 Å². The predicted molar refractivity (Wildman–Crippen MR) is 48.5 cm³/mol. The molecule has 0 spiro atoms. The van der Waals surface area contributed by atoms with Crippen LogP contribution >= 0.6 is 34.5 Å². The highest BCUT2D eigenvalue weighted by Gasteiger charge is 2.07. The van der Waals surface area contributed by atoms with Gasteiger partial charge in [0, 0.05) is 12.3 Å². The summed E-state index contributed by atoms with van der Waals surface area (Å²) in [6.45, 7) is 0. The number of thiophene rings is 1. The summed E-state index contributed by atoms with van der Waals surface area (Å²) < 4.78 is 1.49. The van der Waals surface area contributed by atoms with Gasteiger partial charge in [-0.1, -0.05) is 23.2 Å². The van der Waals surface area contributed by atoms with Gasteiger partial charge in [-0.25, -0.2) is 0 Å². The second-order valence-electron chi connectivity index (χ2n) is 1.96. The molecule has 0 aromatic carbocycles. The van der Waals surface area contributed by atoms with Gasteiger partial charge in [-0.2, -0.15) is 0 Å². The molecule has 0 unspecified atom stereocenters. The molecule has 0 aliphatic heterocycles. The van der Waals surface area contributed by atoms with Crippen LogP contribution in [0.2, 0.25) is 9.36 Å². The van der Waals surface area contributed by atoms with Crippen LogP contribution in [0.3, 0.4) is 0 Å². The van der Waals surface area contributed by atoms with Gasteiger partial charge in [0.15, 0.2) is 0 Å². The molecule has 0 fully saturated rings. The normalized spacial score (nSPS) is 10.7. The van der Waals surface area contributed by atoms with Crippen LogP contribution in [-0.2, 0) is 0 Å². The van der Waals surface area contributed by atoms with Crippen molar-refractivity contribution in [3.05, 3.63) is 27.7 Å². The highest BCUT2D eigenvalue weighted by Crippen LogP contribution is 2.36. The molecule has 0 aliphatic rings. The van der Waals surface area contributed by atoms with E-state index < -0.39 is 0 Å². The first-order chi connectivity index (χ1) is 5.29. The largest absolute Gasteiger partial charge is 0.254 e. The van der Waals surface area contributed by atoms with Crippen molar-refractivity contribution in [2.75, 3.05) is 0 Å². The van der Waals surface area contributed by atoms with E-state index in [1.54, 1.807) is 12.3 Å². The van der Waals surface area contributed by atoms with Crippen molar-refractivity contribution >= 4 is 44.8 Å². The second-order valence-corrected chi connectivity index (χ2v) is 3.96. The maximum atomic E-state index is 5.84. The van der Waals surface area contributed by atoms with E-state index >= 15 is 0 Å². The fraction of sp³-hybridized carbons (Fsp3) is 0. The molecule has 11 heavy (non-hydrogen) atoms. The van der Waals surface area contributed by atoms with Gasteiger partial charge in [-0.3, -0.25) is 4.98 Å². The zero-order chi connectivity index (χ0) is 7.84. The molecule has 0 bridgehead atoms. The number of nitrogens with zero attached hydrogens (tertiary/aromatic N) is 1. The smallest absolute Gasteiger partial charge is 0.114 e. The Labute approximate surface area is 77.6 Å². The van der Waals surface area contributed by atoms with Crippen molar-refractivity contribution in [3.63, 3.8) is 0 Å². The summed E-state index contributed by atoms with van der Waals surface area (Å²) in [5.41, 5.74) is 0.740. The van der Waals surface area contributed by atoms with Gasteiger partial charge in [-0.05, 0) is 6.07 Å². The predicted octanol–water partition coefficient (Wildman–Crippen LogP) is 3.40. The van der Waals surface area contributed by atoms with Crippen molar-refractivity contribution in [3.8, 4) is 0 Å². The summed E-state index contributed by atoms with van der Waals surface area (Å²) in [6.07, 6.45) is 1.65. The van der Waals surface area contributed by atoms with Gasteiger partial charge in [0.2, 0.25) is 0 Å². The zero-order valence-electron chi connectivity index (χ0n) is 5.27. The molecule has 0 atom stereocenters. The van der Waals surface area contributed by atoms with Crippen LogP contribution < -0.4 is 0 Å². The summed E-state index contributed by atoms with van der Waals surface area (Å²) in [6, 6.07) is 4.74. The molecule has 0 amide bonds. The molecule has 2 aromatic heterocycles. The molecule has 55 valence electrons. The average Bonchev–Trinajstić information content (AvgIpc) is 2.30. The van der Waals surface area contributed by atoms with Crippen LogP contribution in [0.4, 0.5) is 0 Å². The number of hydrogen-bond acceptors (Lipinski definition) is 2. The van der Waals surface area contributed by atoms with E-state index in [0.717, 1.165) is 10.2 Å². The van der Waals surface area contributed by atoms with Gasteiger partial charge >= 0.3 is 0 Å². The quantitative estimate of drug-likeness (QED) is 0.639. The Kier molecular flexibility index (Phi) is 1.75. The van der Waals surface area contributed by atoms with Gasteiger partial charge in [0.25, 0.3) is 0 Å². The van der Waals surface area contributed by atoms with Gasteiger partial charge in [0.05, 0.1) is 9.72 Å². The van der Waals surface area contributed by atoms with Gasteiger partial charge in [-0.15, -0.1) is 11.3 Å². The zero-order valence-corrected chi connectivity index (χ0v) is 7.59. The van der Waals surface area contributed by atoms with E-state index in [-0.39, 0.29) is 0 Å². The van der Waals surface area contributed by atoms with Crippen LogP contribution in [-0.4, -0.2) is 4.98 Å². The maximum absolute atomic E-state index is 5.84. The lowest BCUT2D eigenvalue weighted by Gasteiger charge is -1.84. The number of halogens is 2. The maximum Gasteiger partial charge on any atom is 0.114 e. The van der Waals surface area contributed by atoms with Gasteiger partial charge < -0.3 is 0 Å². The average molecular weight is 203 g/mol. The van der Waals surface area contributed by atoms with E-state index in [2.05, 4.69) is 11.1 Å².